The quantitative estimate of drug-likeness (QED) is 0.849. The molecule has 0 radical (unpaired) electrons. The van der Waals surface area contributed by atoms with Crippen molar-refractivity contribution < 1.29 is 9.18 Å². The molecular formula is C16H13ClFN3O. The Hall–Kier alpha value is -2.45. The lowest BCUT2D eigenvalue weighted by atomic mass is 10.1. The van der Waals surface area contributed by atoms with Crippen LogP contribution in [0.4, 0.5) is 4.39 Å². The summed E-state index contributed by atoms with van der Waals surface area (Å²) in [6.07, 6.45) is 1.77. The largest absolute Gasteiger partial charge is 0.332 e. The molecule has 1 heterocycles. The monoisotopic (exact) mass is 317 g/mol. The molecule has 1 amide bonds. The van der Waals surface area contributed by atoms with Crippen molar-refractivity contribution in [3.8, 4) is 6.07 Å². The molecule has 0 N–H and O–H groups in total. The molecule has 22 heavy (non-hydrogen) atoms. The van der Waals surface area contributed by atoms with Gasteiger partial charge in [0, 0.05) is 17.8 Å². The number of carbonyl (C=O) groups excluding carboxylic acids is 1. The molecule has 6 heteroatoms. The van der Waals surface area contributed by atoms with Crippen molar-refractivity contribution in [1.82, 2.24) is 9.88 Å². The average Bonchev–Trinajstić information content (AvgIpc) is 2.54. The molecule has 2 aromatic rings. The first-order valence-electron chi connectivity index (χ1n) is 6.63. The summed E-state index contributed by atoms with van der Waals surface area (Å²) < 4.78 is 13.9. The van der Waals surface area contributed by atoms with Gasteiger partial charge >= 0.3 is 0 Å². The smallest absolute Gasteiger partial charge is 0.257 e. The fourth-order valence-corrected chi connectivity index (χ4v) is 2.13. The number of carbonyl (C=O) groups is 1. The van der Waals surface area contributed by atoms with Gasteiger partial charge in [-0.05, 0) is 30.3 Å². The van der Waals surface area contributed by atoms with Crippen molar-refractivity contribution in [1.29, 1.82) is 5.26 Å². The molecule has 0 aliphatic heterocycles. The lowest BCUT2D eigenvalue weighted by Crippen LogP contribution is -2.32. The highest BCUT2D eigenvalue weighted by molar-refractivity contribution is 6.31. The number of halogens is 2. The lowest BCUT2D eigenvalue weighted by Gasteiger charge is -2.21. The zero-order chi connectivity index (χ0) is 15.9. The van der Waals surface area contributed by atoms with Crippen molar-refractivity contribution in [3.05, 3.63) is 64.7 Å². The van der Waals surface area contributed by atoms with E-state index in [-0.39, 0.29) is 30.1 Å². The molecule has 1 aromatic heterocycles. The molecule has 0 aliphatic carbocycles. The van der Waals surface area contributed by atoms with Gasteiger partial charge in [-0.25, -0.2) is 4.39 Å². The minimum atomic E-state index is -0.641. The SMILES string of the molecule is N#CCCN(Cc1ccccn1)C(=O)c1cc(Cl)ccc1F. The Balaban J connectivity index is 2.26. The number of rotatable bonds is 5. The third kappa shape index (κ3) is 4.03. The Morgan fingerprint density at radius 2 is 2.18 bits per heavy atom. The van der Waals surface area contributed by atoms with Gasteiger partial charge in [0.2, 0.25) is 0 Å². The first-order chi connectivity index (χ1) is 10.6. The zero-order valence-electron chi connectivity index (χ0n) is 11.7. The molecule has 0 unspecified atom stereocenters. The van der Waals surface area contributed by atoms with E-state index in [1.54, 1.807) is 24.4 Å². The standard InChI is InChI=1S/C16H13ClFN3O/c17-12-5-6-15(18)14(10-12)16(22)21(9-3-7-19)11-13-4-1-2-8-20-13/h1-2,4-6,8,10H,3,9,11H2. The molecule has 1 aromatic carbocycles. The number of benzene rings is 1. The molecule has 0 saturated heterocycles. The van der Waals surface area contributed by atoms with E-state index < -0.39 is 11.7 Å². The summed E-state index contributed by atoms with van der Waals surface area (Å²) in [6, 6.07) is 11.1. The van der Waals surface area contributed by atoms with Gasteiger partial charge in [0.15, 0.2) is 0 Å². The van der Waals surface area contributed by atoms with E-state index in [1.807, 2.05) is 6.07 Å². The van der Waals surface area contributed by atoms with E-state index in [4.69, 9.17) is 16.9 Å². The van der Waals surface area contributed by atoms with Crippen molar-refractivity contribution >= 4 is 17.5 Å². The third-order valence-electron chi connectivity index (χ3n) is 3.02. The number of nitriles is 1. The zero-order valence-corrected chi connectivity index (χ0v) is 12.4. The van der Waals surface area contributed by atoms with E-state index >= 15 is 0 Å². The van der Waals surface area contributed by atoms with Crippen LogP contribution in [-0.2, 0) is 6.54 Å². The third-order valence-corrected chi connectivity index (χ3v) is 3.25. The molecule has 0 aliphatic rings. The first-order valence-corrected chi connectivity index (χ1v) is 7.01. The summed E-state index contributed by atoms with van der Waals surface area (Å²) in [7, 11) is 0. The summed E-state index contributed by atoms with van der Waals surface area (Å²) in [6.45, 7) is 0.394. The minimum Gasteiger partial charge on any atom is -0.332 e. The molecule has 2 rings (SSSR count). The van der Waals surface area contributed by atoms with Gasteiger partial charge in [0.1, 0.15) is 5.82 Å². The highest BCUT2D eigenvalue weighted by atomic mass is 35.5. The van der Waals surface area contributed by atoms with Crippen LogP contribution in [0.3, 0.4) is 0 Å². The van der Waals surface area contributed by atoms with Gasteiger partial charge in [-0.1, -0.05) is 17.7 Å². The molecule has 0 atom stereocenters. The number of nitrogens with zero attached hydrogens (tertiary/aromatic N) is 3. The molecule has 4 nitrogen and oxygen atoms in total. The summed E-state index contributed by atoms with van der Waals surface area (Å²) in [5.41, 5.74) is 0.553. The van der Waals surface area contributed by atoms with E-state index in [1.165, 1.54) is 17.0 Å². The topological polar surface area (TPSA) is 57.0 Å². The average molecular weight is 318 g/mol. The van der Waals surface area contributed by atoms with Crippen LogP contribution < -0.4 is 0 Å². The summed E-state index contributed by atoms with van der Waals surface area (Å²) in [5.74, 6) is -1.15. The van der Waals surface area contributed by atoms with Crippen LogP contribution in [0, 0.1) is 17.1 Å². The maximum Gasteiger partial charge on any atom is 0.257 e. The normalized spacial score (nSPS) is 10.0. The van der Waals surface area contributed by atoms with Crippen LogP contribution in [0.15, 0.2) is 42.6 Å². The van der Waals surface area contributed by atoms with Gasteiger partial charge in [-0.15, -0.1) is 0 Å². The number of hydrogen-bond donors (Lipinski definition) is 0. The fourth-order valence-electron chi connectivity index (χ4n) is 1.96. The van der Waals surface area contributed by atoms with Gasteiger partial charge < -0.3 is 4.90 Å². The highest BCUT2D eigenvalue weighted by Gasteiger charge is 2.20. The number of aromatic nitrogens is 1. The maximum absolute atomic E-state index is 13.9. The molecule has 112 valence electrons. The summed E-state index contributed by atoms with van der Waals surface area (Å²) in [4.78, 5) is 18.1. The van der Waals surface area contributed by atoms with Crippen LogP contribution in [0.25, 0.3) is 0 Å². The van der Waals surface area contributed by atoms with Crippen molar-refractivity contribution in [3.63, 3.8) is 0 Å². The van der Waals surface area contributed by atoms with Crippen LogP contribution in [0.1, 0.15) is 22.5 Å². The van der Waals surface area contributed by atoms with Gasteiger partial charge in [-0.2, -0.15) is 5.26 Å². The van der Waals surface area contributed by atoms with E-state index in [2.05, 4.69) is 4.98 Å². The van der Waals surface area contributed by atoms with Gasteiger partial charge in [0.25, 0.3) is 5.91 Å². The van der Waals surface area contributed by atoms with Crippen molar-refractivity contribution in [2.75, 3.05) is 6.54 Å². The van der Waals surface area contributed by atoms with Gasteiger partial charge in [0.05, 0.1) is 30.3 Å². The van der Waals surface area contributed by atoms with E-state index in [0.29, 0.717) is 5.69 Å². The fraction of sp³-hybridized carbons (Fsp3) is 0.188. The predicted molar refractivity (Wildman–Crippen MR) is 80.6 cm³/mol. The van der Waals surface area contributed by atoms with Crippen LogP contribution in [0.2, 0.25) is 5.02 Å². The maximum atomic E-state index is 13.9. The Morgan fingerprint density at radius 1 is 1.36 bits per heavy atom. The second-order valence-corrected chi connectivity index (χ2v) is 5.02. The van der Waals surface area contributed by atoms with Crippen LogP contribution >= 0.6 is 11.6 Å². The molecule has 0 spiro atoms. The highest BCUT2D eigenvalue weighted by Crippen LogP contribution is 2.18. The molecule has 0 bridgehead atoms. The van der Waals surface area contributed by atoms with E-state index in [9.17, 15) is 9.18 Å². The Kier molecular flexibility index (Phi) is 5.45. The summed E-state index contributed by atoms with van der Waals surface area (Å²) >= 11 is 5.83. The molecular weight excluding hydrogens is 305 g/mol. The second-order valence-electron chi connectivity index (χ2n) is 4.58. The Labute approximate surface area is 132 Å². The van der Waals surface area contributed by atoms with Crippen molar-refractivity contribution in [2.45, 2.75) is 13.0 Å². The summed E-state index contributed by atoms with van der Waals surface area (Å²) in [5, 5.41) is 9.01. The van der Waals surface area contributed by atoms with Crippen LogP contribution in [-0.4, -0.2) is 22.3 Å². The molecule has 0 saturated carbocycles. The molecule has 0 fully saturated rings. The first kappa shape index (κ1) is 15.9. The van der Waals surface area contributed by atoms with E-state index in [0.717, 1.165) is 6.07 Å². The Bertz CT molecular complexity index is 700. The number of pyridine rings is 1. The minimum absolute atomic E-state index is 0.110. The second kappa shape index (κ2) is 7.53. The van der Waals surface area contributed by atoms with Crippen LogP contribution in [0.5, 0.6) is 0 Å². The lowest BCUT2D eigenvalue weighted by molar-refractivity contribution is 0.0740. The van der Waals surface area contributed by atoms with Gasteiger partial charge in [-0.3, -0.25) is 9.78 Å². The predicted octanol–water partition coefficient (Wildman–Crippen LogP) is 3.43. The number of hydrogen-bond acceptors (Lipinski definition) is 3. The van der Waals surface area contributed by atoms with Crippen molar-refractivity contribution in [2.24, 2.45) is 0 Å². The number of amides is 1. The Morgan fingerprint density at radius 3 is 2.86 bits per heavy atom.